The first kappa shape index (κ1) is 14.8. The third-order valence-corrected chi connectivity index (χ3v) is 6.80. The second-order valence-corrected chi connectivity index (χ2v) is 8.11. The highest BCUT2D eigenvalue weighted by atomic mass is 31.0. The molecule has 2 saturated carbocycles. The number of alkyl halides is 1. The molecule has 0 radical (unpaired) electrons. The van der Waals surface area contributed by atoms with Crippen LogP contribution in [0.5, 0.6) is 0 Å². The van der Waals surface area contributed by atoms with E-state index in [0.717, 1.165) is 37.5 Å². The maximum Gasteiger partial charge on any atom is 0.129 e. The van der Waals surface area contributed by atoms with E-state index >= 15 is 0 Å². The Hall–Kier alpha value is 0.360. The Morgan fingerprint density at radius 2 is 1.67 bits per heavy atom. The monoisotopic (exact) mass is 272 g/mol. The van der Waals surface area contributed by atoms with Gasteiger partial charge >= 0.3 is 0 Å². The van der Waals surface area contributed by atoms with E-state index in [4.69, 9.17) is 0 Å². The second kappa shape index (κ2) is 5.04. The third kappa shape index (κ3) is 2.37. The fraction of sp³-hybridized carbons (Fsp3) is 1.00. The van der Waals surface area contributed by atoms with E-state index in [1.165, 1.54) is 12.8 Å². The summed E-state index contributed by atoms with van der Waals surface area (Å²) in [6.07, 6.45) is 6.68. The summed E-state index contributed by atoms with van der Waals surface area (Å²) >= 11 is 0. The van der Waals surface area contributed by atoms with Crippen LogP contribution in [0.1, 0.15) is 66.2 Å². The summed E-state index contributed by atoms with van der Waals surface area (Å²) in [5, 5.41) is -0.982. The Balaban J connectivity index is 2.21. The van der Waals surface area contributed by atoms with Gasteiger partial charge in [-0.05, 0) is 49.4 Å². The molecule has 0 N–H and O–H groups in total. The topological polar surface area (TPSA) is 0 Å². The molecule has 0 aromatic carbocycles. The molecule has 2 rings (SSSR count). The first-order chi connectivity index (χ1) is 8.37. The van der Waals surface area contributed by atoms with Crippen LogP contribution in [-0.2, 0) is 0 Å². The largest absolute Gasteiger partial charge is 0.239 e. The van der Waals surface area contributed by atoms with Crippen molar-refractivity contribution in [3.05, 3.63) is 0 Å². The molecule has 0 amide bonds. The van der Waals surface area contributed by atoms with Gasteiger partial charge in [-0.2, -0.15) is 0 Å². The Bertz CT molecular complexity index is 289. The first-order valence-electron chi connectivity index (χ1n) is 7.84. The molecule has 2 fully saturated rings. The van der Waals surface area contributed by atoms with Gasteiger partial charge in [-0.1, -0.05) is 49.8 Å². The van der Waals surface area contributed by atoms with Gasteiger partial charge in [-0.25, -0.2) is 4.39 Å². The van der Waals surface area contributed by atoms with Crippen LogP contribution in [0.2, 0.25) is 0 Å². The minimum absolute atomic E-state index is 0.0380. The van der Waals surface area contributed by atoms with Crippen LogP contribution in [0.25, 0.3) is 0 Å². The van der Waals surface area contributed by atoms with Crippen molar-refractivity contribution in [3.63, 3.8) is 0 Å². The van der Waals surface area contributed by atoms with E-state index in [1.807, 2.05) is 0 Å². The van der Waals surface area contributed by atoms with E-state index in [0.29, 0.717) is 11.8 Å². The second-order valence-electron chi connectivity index (χ2n) is 7.20. The van der Waals surface area contributed by atoms with Crippen LogP contribution in [0, 0.1) is 29.1 Å². The van der Waals surface area contributed by atoms with Crippen molar-refractivity contribution < 1.29 is 4.39 Å². The van der Waals surface area contributed by atoms with E-state index in [-0.39, 0.29) is 5.41 Å². The molecular formula is C16H30FP. The van der Waals surface area contributed by atoms with E-state index in [2.05, 4.69) is 36.9 Å². The van der Waals surface area contributed by atoms with Crippen LogP contribution in [0.4, 0.5) is 4.39 Å². The van der Waals surface area contributed by atoms with E-state index in [9.17, 15) is 4.39 Å². The van der Waals surface area contributed by atoms with Crippen molar-refractivity contribution in [2.75, 3.05) is 0 Å². The molecule has 2 heteroatoms. The van der Waals surface area contributed by atoms with Crippen molar-refractivity contribution in [1.82, 2.24) is 0 Å². The molecule has 106 valence electrons. The molecule has 0 aromatic rings. The van der Waals surface area contributed by atoms with Crippen molar-refractivity contribution in [2.45, 2.75) is 71.6 Å². The Morgan fingerprint density at radius 3 is 2.06 bits per heavy atom. The molecule has 0 nitrogen and oxygen atoms in total. The van der Waals surface area contributed by atoms with Gasteiger partial charge in [0.05, 0.1) is 0 Å². The molecule has 18 heavy (non-hydrogen) atoms. The molecule has 0 aromatic heterocycles. The summed E-state index contributed by atoms with van der Waals surface area (Å²) in [5.74, 6) is 2.74. The predicted molar refractivity (Wildman–Crippen MR) is 80.3 cm³/mol. The average molecular weight is 272 g/mol. The molecule has 4 unspecified atom stereocenters. The van der Waals surface area contributed by atoms with Crippen molar-refractivity contribution >= 4 is 9.24 Å². The Labute approximate surface area is 115 Å². The normalized spacial score (nSPS) is 38.7. The summed E-state index contributed by atoms with van der Waals surface area (Å²) in [4.78, 5) is 0. The molecule has 0 saturated heterocycles. The lowest BCUT2D eigenvalue weighted by atomic mass is 9.62. The van der Waals surface area contributed by atoms with Gasteiger partial charge in [0.25, 0.3) is 0 Å². The minimum Gasteiger partial charge on any atom is -0.239 e. The minimum atomic E-state index is -0.982. The van der Waals surface area contributed by atoms with Gasteiger partial charge in [0, 0.05) is 5.41 Å². The fourth-order valence-corrected chi connectivity index (χ4v) is 5.07. The third-order valence-electron chi connectivity index (χ3n) is 5.95. The number of hydrogen-bond acceptors (Lipinski definition) is 0. The molecule has 0 aliphatic heterocycles. The van der Waals surface area contributed by atoms with Crippen molar-refractivity contribution in [3.8, 4) is 0 Å². The van der Waals surface area contributed by atoms with Gasteiger partial charge < -0.3 is 0 Å². The summed E-state index contributed by atoms with van der Waals surface area (Å²) in [5.41, 5.74) is 0.0380. The lowest BCUT2D eigenvalue weighted by molar-refractivity contribution is -0.00907. The molecule has 4 atom stereocenters. The maximum atomic E-state index is 14.9. The van der Waals surface area contributed by atoms with Crippen molar-refractivity contribution in [1.29, 1.82) is 0 Å². The number of hydrogen-bond donors (Lipinski definition) is 0. The lowest BCUT2D eigenvalue weighted by Gasteiger charge is -2.48. The van der Waals surface area contributed by atoms with Crippen LogP contribution < -0.4 is 0 Å². The maximum absolute atomic E-state index is 14.9. The first-order valence-corrected chi connectivity index (χ1v) is 8.42. The highest BCUT2D eigenvalue weighted by Gasteiger charge is 2.63. The molecule has 0 heterocycles. The van der Waals surface area contributed by atoms with Crippen LogP contribution in [-0.4, -0.2) is 5.41 Å². The van der Waals surface area contributed by atoms with Crippen molar-refractivity contribution in [2.24, 2.45) is 29.1 Å². The molecule has 2 aliphatic carbocycles. The standard InChI is InChI=1S/C16H30FP/c1-5-12(6-2)14-9-15(7-8-15)16(17,18)10-13(14)11(3)4/h11-14H,5-10,18H2,1-4H3. The summed E-state index contributed by atoms with van der Waals surface area (Å²) in [6, 6.07) is 0. The molecule has 1 spiro atoms. The van der Waals surface area contributed by atoms with Gasteiger partial charge in [0.2, 0.25) is 0 Å². The zero-order chi connectivity index (χ0) is 13.6. The Morgan fingerprint density at radius 1 is 1.11 bits per heavy atom. The van der Waals surface area contributed by atoms with Gasteiger partial charge in [0.1, 0.15) is 5.41 Å². The number of rotatable bonds is 4. The SMILES string of the molecule is CCC(CC)C1CC2(CC2)C(F)(P)CC1C(C)C. The predicted octanol–water partition coefficient (Wildman–Crippen LogP) is 5.43. The highest BCUT2D eigenvalue weighted by molar-refractivity contribution is 7.18. The number of halogens is 1. The molecule has 0 bridgehead atoms. The van der Waals surface area contributed by atoms with Crippen LogP contribution in [0.3, 0.4) is 0 Å². The quantitative estimate of drug-likeness (QED) is 0.599. The Kier molecular flexibility index (Phi) is 4.13. The zero-order valence-electron chi connectivity index (χ0n) is 12.5. The fourth-order valence-electron chi connectivity index (χ4n) is 4.39. The van der Waals surface area contributed by atoms with Gasteiger partial charge in [-0.3, -0.25) is 0 Å². The van der Waals surface area contributed by atoms with Crippen LogP contribution in [0.15, 0.2) is 0 Å². The summed E-state index contributed by atoms with van der Waals surface area (Å²) in [7, 11) is 2.58. The summed E-state index contributed by atoms with van der Waals surface area (Å²) in [6.45, 7) is 9.18. The van der Waals surface area contributed by atoms with Gasteiger partial charge in [0.15, 0.2) is 0 Å². The van der Waals surface area contributed by atoms with E-state index in [1.54, 1.807) is 0 Å². The average Bonchev–Trinajstić information content (AvgIpc) is 3.06. The smallest absolute Gasteiger partial charge is 0.129 e. The molecular weight excluding hydrogens is 242 g/mol. The highest BCUT2D eigenvalue weighted by Crippen LogP contribution is 2.69. The van der Waals surface area contributed by atoms with E-state index < -0.39 is 5.41 Å². The lowest BCUT2D eigenvalue weighted by Crippen LogP contribution is -2.44. The zero-order valence-corrected chi connectivity index (χ0v) is 13.7. The van der Waals surface area contributed by atoms with Gasteiger partial charge in [-0.15, -0.1) is 0 Å². The van der Waals surface area contributed by atoms with Crippen LogP contribution >= 0.6 is 9.24 Å². The molecule has 2 aliphatic rings. The summed E-state index contributed by atoms with van der Waals surface area (Å²) < 4.78 is 14.9.